The summed E-state index contributed by atoms with van der Waals surface area (Å²) in [4.78, 5) is 19.7. The van der Waals surface area contributed by atoms with Gasteiger partial charge in [-0.1, -0.05) is 12.1 Å². The largest absolute Gasteiger partial charge is 0.480 e. The summed E-state index contributed by atoms with van der Waals surface area (Å²) in [6.45, 7) is 1.69. The number of aliphatic carboxylic acids is 1. The zero-order valence-electron chi connectivity index (χ0n) is 11.6. The number of para-hydroxylation sites is 2. The summed E-state index contributed by atoms with van der Waals surface area (Å²) in [5.41, 5.74) is 8.24. The molecule has 1 atom stereocenters. The Bertz CT molecular complexity index is 672. The highest BCUT2D eigenvalue weighted by Gasteiger charge is 2.25. The summed E-state index contributed by atoms with van der Waals surface area (Å²) < 4.78 is 0. The van der Waals surface area contributed by atoms with Crippen LogP contribution in [-0.4, -0.2) is 36.2 Å². The summed E-state index contributed by atoms with van der Waals surface area (Å²) in [6, 6.07) is 7.04. The molecule has 0 aliphatic carbocycles. The van der Waals surface area contributed by atoms with Gasteiger partial charge >= 0.3 is 5.97 Å². The lowest BCUT2D eigenvalue weighted by Gasteiger charge is -2.35. The van der Waals surface area contributed by atoms with Gasteiger partial charge in [-0.15, -0.1) is 11.3 Å². The number of hydrogen-bond donors (Lipinski definition) is 2. The van der Waals surface area contributed by atoms with E-state index in [2.05, 4.69) is 27.9 Å². The second-order valence-corrected chi connectivity index (χ2v) is 5.77. The topological polar surface area (TPSA) is 82.7 Å². The molecule has 6 nitrogen and oxygen atoms in total. The number of likely N-dealkylation sites (N-methyl/N-ethyl adjacent to an activating group) is 1. The molecule has 2 aromatic rings. The zero-order valence-corrected chi connectivity index (χ0v) is 12.4. The fourth-order valence-electron chi connectivity index (χ4n) is 2.37. The molecule has 0 saturated carbocycles. The molecule has 0 spiro atoms. The summed E-state index contributed by atoms with van der Waals surface area (Å²) in [6.07, 6.45) is 0. The Hall–Kier alpha value is -2.12. The van der Waals surface area contributed by atoms with Crippen LogP contribution in [0.15, 0.2) is 29.6 Å². The highest BCUT2D eigenvalue weighted by molar-refractivity contribution is 7.13. The van der Waals surface area contributed by atoms with Crippen molar-refractivity contribution in [2.24, 2.45) is 5.73 Å². The van der Waals surface area contributed by atoms with E-state index >= 15 is 0 Å². The quantitative estimate of drug-likeness (QED) is 0.900. The standard InChI is InChI=1S/C14H16N4O2S/c1-17-6-7-18(11-5-3-2-4-10(11)17)14-16-9(8-21-14)12(15)13(19)20/h2-5,8,12H,6-7,15H2,1H3,(H,19,20). The van der Waals surface area contributed by atoms with Crippen LogP contribution in [0.4, 0.5) is 16.5 Å². The van der Waals surface area contributed by atoms with Crippen molar-refractivity contribution in [2.45, 2.75) is 6.04 Å². The number of carboxylic acid groups (broad SMARTS) is 1. The molecule has 1 aliphatic heterocycles. The van der Waals surface area contributed by atoms with Crippen molar-refractivity contribution >= 4 is 33.8 Å². The highest BCUT2D eigenvalue weighted by atomic mass is 32.1. The van der Waals surface area contributed by atoms with Crippen molar-refractivity contribution in [2.75, 3.05) is 29.9 Å². The lowest BCUT2D eigenvalue weighted by atomic mass is 10.2. The second kappa shape index (κ2) is 5.34. The molecule has 2 heterocycles. The van der Waals surface area contributed by atoms with Gasteiger partial charge in [0.2, 0.25) is 0 Å². The molecule has 110 valence electrons. The Morgan fingerprint density at radius 1 is 1.38 bits per heavy atom. The maximum atomic E-state index is 10.9. The van der Waals surface area contributed by atoms with Gasteiger partial charge in [0.25, 0.3) is 0 Å². The number of thiazole rings is 1. The fraction of sp³-hybridized carbons (Fsp3) is 0.286. The average Bonchev–Trinajstić information content (AvgIpc) is 2.96. The van der Waals surface area contributed by atoms with Crippen LogP contribution in [0.1, 0.15) is 11.7 Å². The number of nitrogens with two attached hydrogens (primary N) is 1. The van der Waals surface area contributed by atoms with Gasteiger partial charge in [0, 0.05) is 25.5 Å². The Morgan fingerprint density at radius 3 is 2.81 bits per heavy atom. The van der Waals surface area contributed by atoms with Gasteiger partial charge in [-0.25, -0.2) is 4.98 Å². The maximum Gasteiger partial charge on any atom is 0.326 e. The third-order valence-electron chi connectivity index (χ3n) is 3.57. The molecule has 1 aliphatic rings. The highest BCUT2D eigenvalue weighted by Crippen LogP contribution is 2.38. The predicted molar refractivity (Wildman–Crippen MR) is 83.4 cm³/mol. The van der Waals surface area contributed by atoms with Gasteiger partial charge < -0.3 is 20.6 Å². The molecule has 0 saturated heterocycles. The number of rotatable bonds is 3. The smallest absolute Gasteiger partial charge is 0.326 e. The van der Waals surface area contributed by atoms with Gasteiger partial charge in [0.05, 0.1) is 17.1 Å². The third kappa shape index (κ3) is 2.45. The zero-order chi connectivity index (χ0) is 15.0. The minimum Gasteiger partial charge on any atom is -0.480 e. The first kappa shape index (κ1) is 13.8. The normalized spacial score (nSPS) is 15.7. The molecule has 0 amide bonds. The second-order valence-electron chi connectivity index (χ2n) is 4.93. The number of hydrogen-bond acceptors (Lipinski definition) is 6. The van der Waals surface area contributed by atoms with Gasteiger partial charge in [0.15, 0.2) is 5.13 Å². The van der Waals surface area contributed by atoms with Crippen LogP contribution < -0.4 is 15.5 Å². The molecular formula is C14H16N4O2S. The minimum atomic E-state index is -1.07. The Morgan fingerprint density at radius 2 is 2.10 bits per heavy atom. The number of carbonyl (C=O) groups is 1. The Labute approximate surface area is 126 Å². The first-order valence-corrected chi connectivity index (χ1v) is 7.47. The SMILES string of the molecule is CN1CCN(c2nc(C(N)C(=O)O)cs2)c2ccccc21. The number of aromatic nitrogens is 1. The molecule has 0 radical (unpaired) electrons. The molecule has 21 heavy (non-hydrogen) atoms. The van der Waals surface area contributed by atoms with E-state index in [1.165, 1.54) is 11.3 Å². The van der Waals surface area contributed by atoms with Gasteiger partial charge in [-0.3, -0.25) is 4.79 Å². The molecular weight excluding hydrogens is 288 g/mol. The van der Waals surface area contributed by atoms with Crippen LogP contribution >= 0.6 is 11.3 Å². The van der Waals surface area contributed by atoms with Crippen LogP contribution in [0, 0.1) is 0 Å². The van der Waals surface area contributed by atoms with E-state index in [4.69, 9.17) is 10.8 Å². The van der Waals surface area contributed by atoms with Gasteiger partial charge in [0.1, 0.15) is 6.04 Å². The van der Waals surface area contributed by atoms with Crippen molar-refractivity contribution in [3.8, 4) is 0 Å². The van der Waals surface area contributed by atoms with Crippen LogP contribution in [-0.2, 0) is 4.79 Å². The molecule has 1 unspecified atom stereocenters. The molecule has 1 aromatic heterocycles. The van der Waals surface area contributed by atoms with E-state index in [9.17, 15) is 4.79 Å². The lowest BCUT2D eigenvalue weighted by Crippen LogP contribution is -2.36. The molecule has 1 aromatic carbocycles. The summed E-state index contributed by atoms with van der Waals surface area (Å²) in [5, 5.41) is 11.5. The van der Waals surface area contributed by atoms with Crippen molar-refractivity contribution < 1.29 is 9.90 Å². The van der Waals surface area contributed by atoms with E-state index in [0.29, 0.717) is 5.69 Å². The monoisotopic (exact) mass is 304 g/mol. The first-order chi connectivity index (χ1) is 10.1. The number of anilines is 3. The third-order valence-corrected chi connectivity index (χ3v) is 4.45. The minimum absolute atomic E-state index is 0.402. The van der Waals surface area contributed by atoms with E-state index in [-0.39, 0.29) is 0 Å². The summed E-state index contributed by atoms with van der Waals surface area (Å²) in [5.74, 6) is -1.06. The van der Waals surface area contributed by atoms with E-state index in [1.54, 1.807) is 5.38 Å². The van der Waals surface area contributed by atoms with Crippen LogP contribution in [0.25, 0.3) is 0 Å². The number of fused-ring (bicyclic) bond motifs is 1. The fourth-order valence-corrected chi connectivity index (χ4v) is 3.27. The molecule has 3 N–H and O–H groups in total. The average molecular weight is 304 g/mol. The summed E-state index contributed by atoms with van der Waals surface area (Å²) >= 11 is 1.42. The van der Waals surface area contributed by atoms with Crippen molar-refractivity contribution in [1.82, 2.24) is 4.98 Å². The molecule has 0 fully saturated rings. The Kier molecular flexibility index (Phi) is 3.52. The van der Waals surface area contributed by atoms with E-state index in [1.807, 2.05) is 18.2 Å². The maximum absolute atomic E-state index is 10.9. The van der Waals surface area contributed by atoms with E-state index in [0.717, 1.165) is 29.6 Å². The van der Waals surface area contributed by atoms with E-state index < -0.39 is 12.0 Å². The number of carboxylic acids is 1. The van der Waals surface area contributed by atoms with Crippen molar-refractivity contribution in [1.29, 1.82) is 0 Å². The predicted octanol–water partition coefficient (Wildman–Crippen LogP) is 1.82. The number of benzene rings is 1. The summed E-state index contributed by atoms with van der Waals surface area (Å²) in [7, 11) is 2.06. The first-order valence-electron chi connectivity index (χ1n) is 6.59. The number of nitrogens with zero attached hydrogens (tertiary/aromatic N) is 3. The van der Waals surface area contributed by atoms with Gasteiger partial charge in [-0.2, -0.15) is 0 Å². The molecule has 0 bridgehead atoms. The van der Waals surface area contributed by atoms with Crippen LogP contribution in [0.3, 0.4) is 0 Å². The Balaban J connectivity index is 1.95. The van der Waals surface area contributed by atoms with Crippen LogP contribution in [0.5, 0.6) is 0 Å². The van der Waals surface area contributed by atoms with Gasteiger partial charge in [-0.05, 0) is 12.1 Å². The molecule has 3 rings (SSSR count). The lowest BCUT2D eigenvalue weighted by molar-refractivity contribution is -0.138. The van der Waals surface area contributed by atoms with Crippen LogP contribution in [0.2, 0.25) is 0 Å². The van der Waals surface area contributed by atoms with Crippen molar-refractivity contribution in [3.63, 3.8) is 0 Å². The molecule has 7 heteroatoms. The van der Waals surface area contributed by atoms with Crippen molar-refractivity contribution in [3.05, 3.63) is 35.3 Å².